The summed E-state index contributed by atoms with van der Waals surface area (Å²) in [6.07, 6.45) is 0.828. The Bertz CT molecular complexity index is 387. The van der Waals surface area contributed by atoms with Gasteiger partial charge in [0.05, 0.1) is 11.3 Å². The number of thiocarbonyl (C=S) groups is 1. The minimum absolute atomic E-state index is 0.193. The van der Waals surface area contributed by atoms with E-state index >= 15 is 0 Å². The molecule has 0 aromatic heterocycles. The van der Waals surface area contributed by atoms with E-state index in [2.05, 4.69) is 0 Å². The van der Waals surface area contributed by atoms with Gasteiger partial charge >= 0.3 is 5.97 Å². The Kier molecular flexibility index (Phi) is 6.00. The number of methoxy groups -OCH3 is 1. The van der Waals surface area contributed by atoms with E-state index in [-0.39, 0.29) is 6.42 Å². The smallest absolute Gasteiger partial charge is 0.303 e. The maximum Gasteiger partial charge on any atom is 0.303 e. The lowest BCUT2D eigenvalue weighted by atomic mass is 10.2. The van der Waals surface area contributed by atoms with Gasteiger partial charge in [-0.3, -0.25) is 4.79 Å². The molecule has 0 atom stereocenters. The molecule has 92 valence electrons. The van der Waals surface area contributed by atoms with Crippen molar-refractivity contribution in [1.82, 2.24) is 0 Å². The third-order valence-corrected chi connectivity index (χ3v) is 3.67. The largest absolute Gasteiger partial charge is 0.497 e. The molecule has 1 N–H and O–H groups in total. The van der Waals surface area contributed by atoms with Crippen molar-refractivity contribution in [3.63, 3.8) is 0 Å². The maximum atomic E-state index is 10.3. The SMILES string of the molecule is COc1ccc(C(=S)SCCCC(=O)O)cc1. The number of thioether (sulfide) groups is 1. The molecule has 0 saturated carbocycles. The molecule has 0 aliphatic rings. The third-order valence-electron chi connectivity index (χ3n) is 2.09. The quantitative estimate of drug-likeness (QED) is 0.636. The summed E-state index contributed by atoms with van der Waals surface area (Å²) in [6.45, 7) is 0. The van der Waals surface area contributed by atoms with E-state index in [9.17, 15) is 4.79 Å². The Hall–Kier alpha value is -1.07. The lowest BCUT2D eigenvalue weighted by molar-refractivity contribution is -0.137. The molecule has 0 amide bonds. The summed E-state index contributed by atoms with van der Waals surface area (Å²) >= 11 is 6.77. The molecule has 1 rings (SSSR count). The zero-order chi connectivity index (χ0) is 12.7. The van der Waals surface area contributed by atoms with Crippen molar-refractivity contribution in [2.75, 3.05) is 12.9 Å². The fourth-order valence-corrected chi connectivity index (χ4v) is 2.36. The van der Waals surface area contributed by atoms with Crippen LogP contribution in [0.1, 0.15) is 18.4 Å². The van der Waals surface area contributed by atoms with Crippen LogP contribution in [0.25, 0.3) is 0 Å². The molecule has 5 heteroatoms. The summed E-state index contributed by atoms with van der Waals surface area (Å²) in [6, 6.07) is 7.54. The summed E-state index contributed by atoms with van der Waals surface area (Å²) in [5.41, 5.74) is 0.973. The van der Waals surface area contributed by atoms with Gasteiger partial charge < -0.3 is 9.84 Å². The Morgan fingerprint density at radius 1 is 1.41 bits per heavy atom. The Morgan fingerprint density at radius 2 is 2.06 bits per heavy atom. The molecule has 0 radical (unpaired) electrons. The van der Waals surface area contributed by atoms with Crippen LogP contribution < -0.4 is 4.74 Å². The number of carbonyl (C=O) groups is 1. The van der Waals surface area contributed by atoms with Gasteiger partial charge in [0.15, 0.2) is 0 Å². The van der Waals surface area contributed by atoms with Gasteiger partial charge in [-0.05, 0) is 42.0 Å². The van der Waals surface area contributed by atoms with Crippen molar-refractivity contribution in [2.45, 2.75) is 12.8 Å². The second-order valence-corrected chi connectivity index (χ2v) is 5.13. The Balaban J connectivity index is 2.38. The molecule has 0 aliphatic carbocycles. The molecule has 17 heavy (non-hydrogen) atoms. The molecule has 0 fully saturated rings. The first kappa shape index (κ1) is 14.0. The molecular formula is C12H14O3S2. The van der Waals surface area contributed by atoms with Crippen LogP contribution in [0.3, 0.4) is 0 Å². The first-order chi connectivity index (χ1) is 8.13. The van der Waals surface area contributed by atoms with Crippen LogP contribution in [0.4, 0.5) is 0 Å². The predicted octanol–water partition coefficient (Wildman–Crippen LogP) is 2.97. The number of rotatable bonds is 6. The van der Waals surface area contributed by atoms with Crippen LogP contribution in [-0.4, -0.2) is 28.1 Å². The van der Waals surface area contributed by atoms with E-state index in [1.54, 1.807) is 7.11 Å². The van der Waals surface area contributed by atoms with E-state index in [4.69, 9.17) is 22.1 Å². The zero-order valence-corrected chi connectivity index (χ0v) is 11.1. The summed E-state index contributed by atoms with van der Waals surface area (Å²) in [4.78, 5) is 10.3. The van der Waals surface area contributed by atoms with Gasteiger partial charge in [0, 0.05) is 6.42 Å². The number of hydrogen-bond acceptors (Lipinski definition) is 4. The maximum absolute atomic E-state index is 10.3. The number of benzene rings is 1. The lowest BCUT2D eigenvalue weighted by Crippen LogP contribution is -1.98. The normalized spacial score (nSPS) is 9.94. The Morgan fingerprint density at radius 3 is 2.59 bits per heavy atom. The fourth-order valence-electron chi connectivity index (χ4n) is 1.20. The number of aliphatic carboxylic acids is 1. The topological polar surface area (TPSA) is 46.5 Å². The molecule has 0 spiro atoms. The van der Waals surface area contributed by atoms with Gasteiger partial charge in [-0.15, -0.1) is 11.8 Å². The van der Waals surface area contributed by atoms with Crippen molar-refractivity contribution in [2.24, 2.45) is 0 Å². The van der Waals surface area contributed by atoms with Crippen molar-refractivity contribution in [3.8, 4) is 5.75 Å². The lowest BCUT2D eigenvalue weighted by Gasteiger charge is -2.04. The number of carboxylic acids is 1. The molecular weight excluding hydrogens is 256 g/mol. The van der Waals surface area contributed by atoms with Crippen molar-refractivity contribution >= 4 is 34.1 Å². The van der Waals surface area contributed by atoms with Crippen LogP contribution in [0, 0.1) is 0 Å². The highest BCUT2D eigenvalue weighted by atomic mass is 32.2. The standard InChI is InChI=1S/C12H14O3S2/c1-15-10-6-4-9(5-7-10)12(16)17-8-2-3-11(13)14/h4-7H,2-3,8H2,1H3,(H,13,14). The molecule has 0 unspecified atom stereocenters. The van der Waals surface area contributed by atoms with E-state index in [0.29, 0.717) is 6.42 Å². The second kappa shape index (κ2) is 7.29. The molecule has 0 heterocycles. The molecule has 0 saturated heterocycles. The van der Waals surface area contributed by atoms with Gasteiger partial charge in [-0.25, -0.2) is 0 Å². The van der Waals surface area contributed by atoms with E-state index < -0.39 is 5.97 Å². The highest BCUT2D eigenvalue weighted by Crippen LogP contribution is 2.18. The third kappa shape index (κ3) is 5.19. The summed E-state index contributed by atoms with van der Waals surface area (Å²) < 4.78 is 5.85. The van der Waals surface area contributed by atoms with Crippen LogP contribution in [-0.2, 0) is 4.79 Å². The summed E-state index contributed by atoms with van der Waals surface area (Å²) in [7, 11) is 1.62. The van der Waals surface area contributed by atoms with Crippen molar-refractivity contribution < 1.29 is 14.6 Å². The molecule has 0 bridgehead atoms. The first-order valence-corrected chi connectivity index (χ1v) is 6.56. The van der Waals surface area contributed by atoms with Gasteiger partial charge in [-0.2, -0.15) is 0 Å². The van der Waals surface area contributed by atoms with E-state index in [1.807, 2.05) is 24.3 Å². The van der Waals surface area contributed by atoms with Crippen molar-refractivity contribution in [3.05, 3.63) is 29.8 Å². The van der Waals surface area contributed by atoms with Gasteiger partial charge in [-0.1, -0.05) is 12.2 Å². The average Bonchev–Trinajstić information content (AvgIpc) is 2.34. The first-order valence-electron chi connectivity index (χ1n) is 5.16. The van der Waals surface area contributed by atoms with Gasteiger partial charge in [0.2, 0.25) is 0 Å². The second-order valence-electron chi connectivity index (χ2n) is 3.36. The minimum Gasteiger partial charge on any atom is -0.497 e. The molecule has 3 nitrogen and oxygen atoms in total. The van der Waals surface area contributed by atoms with Crippen LogP contribution >= 0.6 is 24.0 Å². The molecule has 1 aromatic rings. The molecule has 0 aliphatic heterocycles. The number of ether oxygens (including phenoxy) is 1. The predicted molar refractivity (Wildman–Crippen MR) is 74.0 cm³/mol. The zero-order valence-electron chi connectivity index (χ0n) is 9.51. The number of carboxylic acid groups (broad SMARTS) is 1. The van der Waals surface area contributed by atoms with Crippen LogP contribution in [0.2, 0.25) is 0 Å². The van der Waals surface area contributed by atoms with Crippen LogP contribution in [0.5, 0.6) is 5.75 Å². The summed E-state index contributed by atoms with van der Waals surface area (Å²) in [5.74, 6) is 0.769. The monoisotopic (exact) mass is 270 g/mol. The fraction of sp³-hybridized carbons (Fsp3) is 0.333. The Labute approximate surface area is 110 Å². The van der Waals surface area contributed by atoms with Crippen LogP contribution in [0.15, 0.2) is 24.3 Å². The van der Waals surface area contributed by atoms with E-state index in [1.165, 1.54) is 11.8 Å². The molecule has 1 aromatic carbocycles. The van der Waals surface area contributed by atoms with Gasteiger partial charge in [0.25, 0.3) is 0 Å². The average molecular weight is 270 g/mol. The highest BCUT2D eigenvalue weighted by molar-refractivity contribution is 8.23. The highest BCUT2D eigenvalue weighted by Gasteiger charge is 2.03. The van der Waals surface area contributed by atoms with Gasteiger partial charge in [0.1, 0.15) is 5.75 Å². The minimum atomic E-state index is -0.763. The summed E-state index contributed by atoms with van der Waals surface area (Å²) in [5, 5.41) is 8.50. The number of hydrogen-bond donors (Lipinski definition) is 1. The van der Waals surface area contributed by atoms with E-state index in [0.717, 1.165) is 21.3 Å². The van der Waals surface area contributed by atoms with Crippen molar-refractivity contribution in [1.29, 1.82) is 0 Å².